The normalized spacial score (nSPS) is 15.6. The van der Waals surface area contributed by atoms with E-state index in [0.717, 1.165) is 29.6 Å². The Balaban J connectivity index is 6.04. The minimum Gasteiger partial charge on any atom is -0.388 e. The fourth-order valence-electron chi connectivity index (χ4n) is 2.53. The average molecular weight is 373 g/mol. The molecule has 0 aromatic carbocycles. The maximum Gasteiger partial charge on any atom is 0.104 e. The van der Waals surface area contributed by atoms with Crippen LogP contribution < -0.4 is 5.73 Å². The van der Waals surface area contributed by atoms with Gasteiger partial charge in [0.2, 0.25) is 0 Å². The molecular weight excluding hydrogens is 335 g/mol. The highest BCUT2D eigenvalue weighted by atomic mass is 19.1. The van der Waals surface area contributed by atoms with E-state index in [1.807, 2.05) is 31.2 Å². The van der Waals surface area contributed by atoms with Gasteiger partial charge >= 0.3 is 0 Å². The Morgan fingerprint density at radius 1 is 1.22 bits per heavy atom. The van der Waals surface area contributed by atoms with Crippen molar-refractivity contribution in [2.24, 2.45) is 16.1 Å². The van der Waals surface area contributed by atoms with Crippen LogP contribution in [0.1, 0.15) is 60.8 Å². The monoisotopic (exact) mass is 372 g/mol. The number of aliphatic imine (C=N–C) groups is 1. The number of halogens is 1. The lowest BCUT2D eigenvalue weighted by molar-refractivity contribution is 0.543. The molecule has 0 aliphatic heterocycles. The first-order valence-electron chi connectivity index (χ1n) is 9.61. The molecule has 3 heteroatoms. The molecule has 0 aromatic rings. The van der Waals surface area contributed by atoms with Crippen molar-refractivity contribution < 1.29 is 4.39 Å². The maximum atomic E-state index is 14.6. The van der Waals surface area contributed by atoms with Gasteiger partial charge in [-0.1, -0.05) is 82.7 Å². The maximum absolute atomic E-state index is 14.6. The topological polar surface area (TPSA) is 38.4 Å². The molecule has 0 aromatic heterocycles. The molecule has 0 unspecified atom stereocenters. The first-order chi connectivity index (χ1) is 12.6. The van der Waals surface area contributed by atoms with Crippen molar-refractivity contribution in [2.75, 3.05) is 6.54 Å². The second-order valence-corrected chi connectivity index (χ2v) is 7.66. The lowest BCUT2D eigenvalue weighted by Gasteiger charge is -2.15. The van der Waals surface area contributed by atoms with Crippen molar-refractivity contribution in [3.05, 3.63) is 71.7 Å². The molecule has 0 radical (unpaired) electrons. The molecule has 0 fully saturated rings. The third kappa shape index (κ3) is 12.0. The van der Waals surface area contributed by atoms with Gasteiger partial charge in [-0.2, -0.15) is 0 Å². The summed E-state index contributed by atoms with van der Waals surface area (Å²) in [6, 6.07) is 0. The number of hydrogen-bond donors (Lipinski definition) is 1. The molecule has 0 bridgehead atoms. The summed E-state index contributed by atoms with van der Waals surface area (Å²) < 4.78 is 14.6. The van der Waals surface area contributed by atoms with Crippen LogP contribution in [0.4, 0.5) is 4.39 Å². The van der Waals surface area contributed by atoms with Crippen LogP contribution in [0.5, 0.6) is 0 Å². The second kappa shape index (κ2) is 13.1. The SMILES string of the molecule is C=C/C=C(\C=C/C)C(/CN=C(C)N)=C(/CCC)C/C(F)=C\C=C/C(C)(C)C. The first-order valence-corrected chi connectivity index (χ1v) is 9.61. The first kappa shape index (κ1) is 24.8. The molecule has 0 aliphatic rings. The summed E-state index contributed by atoms with van der Waals surface area (Å²) in [5.41, 5.74) is 8.84. The lowest BCUT2D eigenvalue weighted by Crippen LogP contribution is -2.08. The highest BCUT2D eigenvalue weighted by Gasteiger charge is 2.12. The molecule has 150 valence electrons. The molecule has 0 heterocycles. The summed E-state index contributed by atoms with van der Waals surface area (Å²) >= 11 is 0. The van der Waals surface area contributed by atoms with Crippen molar-refractivity contribution >= 4 is 5.84 Å². The Morgan fingerprint density at radius 2 is 1.89 bits per heavy atom. The van der Waals surface area contributed by atoms with Gasteiger partial charge < -0.3 is 5.73 Å². The van der Waals surface area contributed by atoms with Crippen LogP contribution in [0.25, 0.3) is 0 Å². The van der Waals surface area contributed by atoms with Gasteiger partial charge in [0.25, 0.3) is 0 Å². The summed E-state index contributed by atoms with van der Waals surface area (Å²) in [5, 5.41) is 0. The van der Waals surface area contributed by atoms with Gasteiger partial charge in [0, 0.05) is 6.42 Å². The van der Waals surface area contributed by atoms with E-state index in [0.29, 0.717) is 12.4 Å². The molecule has 0 amide bonds. The number of allylic oxidation sites excluding steroid dienone is 9. The van der Waals surface area contributed by atoms with E-state index in [9.17, 15) is 4.39 Å². The number of nitrogens with two attached hydrogens (primary N) is 1. The van der Waals surface area contributed by atoms with Crippen molar-refractivity contribution in [3.63, 3.8) is 0 Å². The Bertz CT molecular complexity index is 646. The molecule has 0 aliphatic carbocycles. The molecule has 2 N–H and O–H groups in total. The Kier molecular flexibility index (Phi) is 12.0. The minimum absolute atomic E-state index is 0.0309. The molecule has 2 nitrogen and oxygen atoms in total. The molecular formula is C24H37FN2. The van der Waals surface area contributed by atoms with E-state index in [1.54, 1.807) is 25.2 Å². The van der Waals surface area contributed by atoms with Gasteiger partial charge in [0.05, 0.1) is 12.4 Å². The van der Waals surface area contributed by atoms with Crippen LogP contribution in [0, 0.1) is 5.41 Å². The number of rotatable bonds is 10. The van der Waals surface area contributed by atoms with E-state index in [4.69, 9.17) is 5.73 Å². The highest BCUT2D eigenvalue weighted by Crippen LogP contribution is 2.27. The van der Waals surface area contributed by atoms with Crippen LogP contribution in [0.2, 0.25) is 0 Å². The zero-order chi connectivity index (χ0) is 20.9. The van der Waals surface area contributed by atoms with Gasteiger partial charge in [-0.3, -0.25) is 4.99 Å². The Hall–Kier alpha value is -2.16. The summed E-state index contributed by atoms with van der Waals surface area (Å²) in [7, 11) is 0. The largest absolute Gasteiger partial charge is 0.388 e. The molecule has 0 saturated heterocycles. The molecule has 0 saturated carbocycles. The smallest absolute Gasteiger partial charge is 0.104 e. The van der Waals surface area contributed by atoms with Gasteiger partial charge in [-0.05, 0) is 42.9 Å². The van der Waals surface area contributed by atoms with Crippen LogP contribution in [-0.4, -0.2) is 12.4 Å². The van der Waals surface area contributed by atoms with Crippen molar-refractivity contribution in [2.45, 2.75) is 60.8 Å². The standard InChI is InChI=1S/C24H37FN2/c1-8-12-20(13-9-2)23(18-27-19(4)26)21(14-10-3)17-22(25)15-11-16-24(5,6)7/h8-9,11-13,15-16H,1,10,14,17-18H2,2-7H3,(H2,26,27)/b13-9-,16-11-,20-12+,22-15+,23-21-. The van der Waals surface area contributed by atoms with E-state index in [-0.39, 0.29) is 17.7 Å². The number of hydrogen-bond acceptors (Lipinski definition) is 1. The fourth-order valence-corrected chi connectivity index (χ4v) is 2.53. The van der Waals surface area contributed by atoms with Gasteiger partial charge in [-0.15, -0.1) is 0 Å². The lowest BCUT2D eigenvalue weighted by atomic mass is 9.93. The molecule has 0 rings (SSSR count). The Morgan fingerprint density at radius 3 is 2.37 bits per heavy atom. The summed E-state index contributed by atoms with van der Waals surface area (Å²) in [6.45, 7) is 16.3. The molecule has 27 heavy (non-hydrogen) atoms. The zero-order valence-electron chi connectivity index (χ0n) is 18.0. The molecule has 0 spiro atoms. The highest BCUT2D eigenvalue weighted by molar-refractivity contribution is 5.77. The van der Waals surface area contributed by atoms with E-state index < -0.39 is 0 Å². The Labute approximate surface area is 165 Å². The average Bonchev–Trinajstić information content (AvgIpc) is 2.54. The van der Waals surface area contributed by atoms with Crippen molar-refractivity contribution in [1.29, 1.82) is 0 Å². The predicted octanol–water partition coefficient (Wildman–Crippen LogP) is 6.99. The molecule has 0 atom stereocenters. The quantitative estimate of drug-likeness (QED) is 0.250. The predicted molar refractivity (Wildman–Crippen MR) is 120 cm³/mol. The van der Waals surface area contributed by atoms with Gasteiger partial charge in [-0.25, -0.2) is 4.39 Å². The second-order valence-electron chi connectivity index (χ2n) is 7.66. The van der Waals surface area contributed by atoms with Crippen LogP contribution in [-0.2, 0) is 0 Å². The summed E-state index contributed by atoms with van der Waals surface area (Å²) in [4.78, 5) is 4.39. The third-order valence-electron chi connectivity index (χ3n) is 3.71. The van der Waals surface area contributed by atoms with Crippen molar-refractivity contribution in [3.8, 4) is 0 Å². The van der Waals surface area contributed by atoms with Crippen LogP contribution >= 0.6 is 0 Å². The summed E-state index contributed by atoms with van der Waals surface area (Å²) in [5.74, 6) is 0.370. The minimum atomic E-state index is -0.150. The van der Waals surface area contributed by atoms with Crippen molar-refractivity contribution in [1.82, 2.24) is 0 Å². The third-order valence-corrected chi connectivity index (χ3v) is 3.71. The van der Waals surface area contributed by atoms with Gasteiger partial charge in [0.15, 0.2) is 0 Å². The summed E-state index contributed by atoms with van der Waals surface area (Å²) in [6.07, 6.45) is 15.0. The zero-order valence-corrected chi connectivity index (χ0v) is 18.0. The van der Waals surface area contributed by atoms with Crippen LogP contribution in [0.15, 0.2) is 76.6 Å². The fraction of sp³-hybridized carbons (Fsp3) is 0.458. The number of nitrogens with zero attached hydrogens (tertiary/aromatic N) is 1. The van der Waals surface area contributed by atoms with E-state index in [1.165, 1.54) is 0 Å². The number of amidine groups is 1. The van der Waals surface area contributed by atoms with Crippen LogP contribution in [0.3, 0.4) is 0 Å². The van der Waals surface area contributed by atoms with E-state index in [2.05, 4.69) is 39.3 Å². The van der Waals surface area contributed by atoms with E-state index >= 15 is 0 Å². The van der Waals surface area contributed by atoms with Gasteiger partial charge in [0.1, 0.15) is 5.83 Å².